The van der Waals surface area contributed by atoms with E-state index in [9.17, 15) is 9.59 Å². The molecule has 0 bridgehead atoms. The van der Waals surface area contributed by atoms with Crippen molar-refractivity contribution in [3.05, 3.63) is 23.3 Å². The van der Waals surface area contributed by atoms with Crippen molar-refractivity contribution in [2.24, 2.45) is 22.7 Å². The van der Waals surface area contributed by atoms with Gasteiger partial charge in [0, 0.05) is 0 Å². The largest absolute Gasteiger partial charge is 0.481 e. The van der Waals surface area contributed by atoms with E-state index in [0.717, 1.165) is 32.1 Å². The number of carboxylic acid groups (broad SMARTS) is 1. The summed E-state index contributed by atoms with van der Waals surface area (Å²) in [6, 6.07) is 0. The van der Waals surface area contributed by atoms with Gasteiger partial charge in [0.2, 0.25) is 0 Å². The summed E-state index contributed by atoms with van der Waals surface area (Å²) in [6.45, 7) is 11.3. The molecule has 0 spiro atoms. The predicted molar refractivity (Wildman–Crippen MR) is 113 cm³/mol. The van der Waals surface area contributed by atoms with Gasteiger partial charge in [0.25, 0.3) is 0 Å². The molecule has 2 N–H and O–H groups in total. The maximum Gasteiger partial charge on any atom is 0.306 e. The maximum atomic E-state index is 12.2. The van der Waals surface area contributed by atoms with E-state index in [0.29, 0.717) is 11.8 Å². The number of hydrogen-bond donors (Lipinski definition) is 2. The molecule has 4 atom stereocenters. The summed E-state index contributed by atoms with van der Waals surface area (Å²) in [4.78, 5) is 23.0. The van der Waals surface area contributed by atoms with Crippen LogP contribution >= 0.6 is 0 Å². The Bertz CT molecular complexity index is 675. The van der Waals surface area contributed by atoms with E-state index in [-0.39, 0.29) is 36.4 Å². The van der Waals surface area contributed by atoms with Crippen LogP contribution in [-0.2, 0) is 14.3 Å². The Morgan fingerprint density at radius 3 is 2.52 bits per heavy atom. The van der Waals surface area contributed by atoms with Crippen molar-refractivity contribution >= 4 is 11.9 Å². The van der Waals surface area contributed by atoms with Gasteiger partial charge in [0.05, 0.1) is 19.4 Å². The smallest absolute Gasteiger partial charge is 0.306 e. The Kier molecular flexibility index (Phi) is 7.72. The molecular formula is C24H38O5. The number of fused-ring (bicyclic) bond motifs is 1. The van der Waals surface area contributed by atoms with E-state index in [2.05, 4.69) is 40.7 Å². The Hall–Kier alpha value is -1.62. The topological polar surface area (TPSA) is 83.8 Å². The summed E-state index contributed by atoms with van der Waals surface area (Å²) in [5, 5.41) is 18.0. The number of carbonyl (C=O) groups is 2. The van der Waals surface area contributed by atoms with Crippen molar-refractivity contribution < 1.29 is 24.5 Å². The summed E-state index contributed by atoms with van der Waals surface area (Å²) in [6.07, 6.45) is 8.49. The van der Waals surface area contributed by atoms with Gasteiger partial charge < -0.3 is 14.9 Å². The molecular weight excluding hydrogens is 368 g/mol. The van der Waals surface area contributed by atoms with Gasteiger partial charge in [0.1, 0.15) is 6.10 Å². The zero-order chi connectivity index (χ0) is 21.8. The first-order valence-corrected chi connectivity index (χ1v) is 10.8. The molecule has 0 heterocycles. The van der Waals surface area contributed by atoms with Crippen LogP contribution in [0, 0.1) is 22.7 Å². The Labute approximate surface area is 175 Å². The van der Waals surface area contributed by atoms with E-state index < -0.39 is 11.9 Å². The molecule has 0 aromatic heterocycles. The molecule has 1 fully saturated rings. The lowest BCUT2D eigenvalue weighted by molar-refractivity contribution is -0.165. The van der Waals surface area contributed by atoms with Crippen molar-refractivity contribution in [1.29, 1.82) is 0 Å². The quantitative estimate of drug-likeness (QED) is 0.443. The second-order valence-electron chi connectivity index (χ2n) is 9.97. The zero-order valence-corrected chi connectivity index (χ0v) is 18.7. The molecule has 0 unspecified atom stereocenters. The van der Waals surface area contributed by atoms with Crippen molar-refractivity contribution in [2.75, 3.05) is 6.61 Å². The average Bonchev–Trinajstić information content (AvgIpc) is 2.58. The minimum atomic E-state index is -0.975. The maximum absolute atomic E-state index is 12.2. The van der Waals surface area contributed by atoms with Crippen LogP contribution in [0.3, 0.4) is 0 Å². The number of esters is 1. The second-order valence-corrected chi connectivity index (χ2v) is 9.97. The van der Waals surface area contributed by atoms with Gasteiger partial charge in [-0.25, -0.2) is 0 Å². The second kappa shape index (κ2) is 9.46. The number of hydrogen-bond acceptors (Lipinski definition) is 4. The van der Waals surface area contributed by atoms with Gasteiger partial charge in [-0.2, -0.15) is 0 Å². The molecule has 164 valence electrons. The Morgan fingerprint density at radius 1 is 1.21 bits per heavy atom. The van der Waals surface area contributed by atoms with Crippen molar-refractivity contribution in [3.63, 3.8) is 0 Å². The highest BCUT2D eigenvalue weighted by Gasteiger charge is 2.55. The van der Waals surface area contributed by atoms with E-state index in [1.165, 1.54) is 11.1 Å². The average molecular weight is 407 g/mol. The molecule has 0 aliphatic heterocycles. The summed E-state index contributed by atoms with van der Waals surface area (Å²) in [7, 11) is 0. The highest BCUT2D eigenvalue weighted by molar-refractivity contribution is 5.76. The number of carbonyl (C=O) groups excluding carboxylic acids is 1. The minimum absolute atomic E-state index is 0.0256. The van der Waals surface area contributed by atoms with Crippen LogP contribution in [0.2, 0.25) is 0 Å². The lowest BCUT2D eigenvalue weighted by Crippen LogP contribution is -2.53. The first-order valence-electron chi connectivity index (χ1n) is 10.8. The molecule has 2 rings (SSSR count). The molecule has 5 heteroatoms. The highest BCUT2D eigenvalue weighted by atomic mass is 16.5. The van der Waals surface area contributed by atoms with Crippen LogP contribution in [0.1, 0.15) is 79.6 Å². The van der Waals surface area contributed by atoms with Gasteiger partial charge in [-0.3, -0.25) is 9.59 Å². The van der Waals surface area contributed by atoms with Gasteiger partial charge >= 0.3 is 11.9 Å². The summed E-state index contributed by atoms with van der Waals surface area (Å²) >= 11 is 0. The van der Waals surface area contributed by atoms with Crippen LogP contribution in [0.25, 0.3) is 0 Å². The van der Waals surface area contributed by atoms with Crippen LogP contribution in [0.15, 0.2) is 23.3 Å². The summed E-state index contributed by atoms with van der Waals surface area (Å²) < 4.78 is 5.77. The van der Waals surface area contributed by atoms with Gasteiger partial charge in [-0.15, -0.1) is 0 Å². The van der Waals surface area contributed by atoms with Crippen LogP contribution < -0.4 is 0 Å². The lowest BCUT2D eigenvalue weighted by Gasteiger charge is -2.58. The fraction of sp³-hybridized carbons (Fsp3) is 0.750. The molecule has 2 aliphatic carbocycles. The number of carboxylic acids is 1. The highest BCUT2D eigenvalue weighted by Crippen LogP contribution is 2.61. The van der Waals surface area contributed by atoms with Crippen LogP contribution in [0.5, 0.6) is 0 Å². The van der Waals surface area contributed by atoms with Crippen LogP contribution in [0.4, 0.5) is 0 Å². The minimum Gasteiger partial charge on any atom is -0.481 e. The molecule has 0 aromatic carbocycles. The van der Waals surface area contributed by atoms with Gasteiger partial charge in [-0.1, -0.05) is 44.1 Å². The predicted octanol–water partition coefficient (Wildman–Crippen LogP) is 4.89. The molecule has 29 heavy (non-hydrogen) atoms. The van der Waals surface area contributed by atoms with Crippen molar-refractivity contribution in [2.45, 2.75) is 85.7 Å². The molecule has 0 radical (unpaired) electrons. The number of aliphatic hydroxyl groups excluding tert-OH is 1. The third kappa shape index (κ3) is 5.71. The first kappa shape index (κ1) is 23.7. The molecule has 5 nitrogen and oxygen atoms in total. The number of rotatable bonds is 8. The van der Waals surface area contributed by atoms with E-state index in [4.69, 9.17) is 14.9 Å². The lowest BCUT2D eigenvalue weighted by atomic mass is 9.47. The fourth-order valence-corrected chi connectivity index (χ4v) is 5.99. The number of allylic oxidation sites excluding steroid dienone is 3. The zero-order valence-electron chi connectivity index (χ0n) is 18.7. The number of ether oxygens (including phenoxy) is 1. The van der Waals surface area contributed by atoms with Crippen molar-refractivity contribution in [1.82, 2.24) is 0 Å². The standard InChI is InChI=1S/C24H38O5/c1-16(12-13-25)6-8-19-17(2)7-9-20-23(3,4)14-18(15-24(19,20)5)29-22(28)11-10-21(26)27/h7,12,18-20,25H,6,8-11,13-15H2,1-5H3,(H,26,27)/b16-12+/t18-,19-,20-,24+/m0/s1. The monoisotopic (exact) mass is 406 g/mol. The Balaban J connectivity index is 2.20. The summed E-state index contributed by atoms with van der Waals surface area (Å²) in [5.74, 6) is -0.461. The number of aliphatic hydroxyl groups is 1. The molecule has 0 amide bonds. The summed E-state index contributed by atoms with van der Waals surface area (Å²) in [5.41, 5.74) is 2.68. The third-order valence-electron chi connectivity index (χ3n) is 7.29. The normalized spacial score (nSPS) is 31.6. The molecule has 2 aliphatic rings. The van der Waals surface area contributed by atoms with E-state index >= 15 is 0 Å². The third-order valence-corrected chi connectivity index (χ3v) is 7.29. The SMILES string of the molecule is CC1=CC[C@H]2C(C)(C)C[C@H](OC(=O)CCC(=O)O)C[C@]2(C)[C@H]1CC/C(C)=C/CO. The van der Waals surface area contributed by atoms with Crippen molar-refractivity contribution in [3.8, 4) is 0 Å². The molecule has 0 saturated heterocycles. The van der Waals surface area contributed by atoms with E-state index in [1.807, 2.05) is 6.08 Å². The van der Waals surface area contributed by atoms with Gasteiger partial charge in [-0.05, 0) is 68.6 Å². The van der Waals surface area contributed by atoms with Crippen LogP contribution in [-0.4, -0.2) is 34.9 Å². The molecule has 1 saturated carbocycles. The molecule has 0 aromatic rings. The Morgan fingerprint density at radius 2 is 1.90 bits per heavy atom. The van der Waals surface area contributed by atoms with E-state index in [1.54, 1.807) is 0 Å². The number of aliphatic carboxylic acids is 1. The first-order chi connectivity index (χ1) is 13.5. The fourth-order valence-electron chi connectivity index (χ4n) is 5.99. The van der Waals surface area contributed by atoms with Gasteiger partial charge in [0.15, 0.2) is 0 Å².